The molecule has 78 valence electrons. The van der Waals surface area contributed by atoms with Gasteiger partial charge in [-0.15, -0.1) is 0 Å². The lowest BCUT2D eigenvalue weighted by molar-refractivity contribution is -0.133. The lowest BCUT2D eigenvalue weighted by Crippen LogP contribution is -2.45. The Bertz CT molecular complexity index is 159. The molecule has 0 aromatic rings. The molecule has 0 aromatic carbocycles. The van der Waals surface area contributed by atoms with Gasteiger partial charge in [-0.25, -0.2) is 0 Å². The van der Waals surface area contributed by atoms with Crippen LogP contribution in [0.5, 0.6) is 0 Å². The van der Waals surface area contributed by atoms with Crippen molar-refractivity contribution in [2.45, 2.75) is 52.1 Å². The van der Waals surface area contributed by atoms with Gasteiger partial charge in [0.05, 0.1) is 6.04 Å². The van der Waals surface area contributed by atoms with Gasteiger partial charge in [0.2, 0.25) is 5.91 Å². The summed E-state index contributed by atoms with van der Waals surface area (Å²) in [5, 5.41) is 0. The highest BCUT2D eigenvalue weighted by Crippen LogP contribution is 2.04. The summed E-state index contributed by atoms with van der Waals surface area (Å²) in [4.78, 5) is 13.4. The average Bonchev–Trinajstić information content (AvgIpc) is 2.14. The number of hydrogen-bond donors (Lipinski definition) is 1. The summed E-state index contributed by atoms with van der Waals surface area (Å²) in [6.45, 7) is 6.15. The number of hydrogen-bond acceptors (Lipinski definition) is 2. The summed E-state index contributed by atoms with van der Waals surface area (Å²) in [5.74, 6) is 0.0659. The average molecular weight is 186 g/mol. The highest BCUT2D eigenvalue weighted by molar-refractivity contribution is 5.81. The number of nitrogens with two attached hydrogens (primary N) is 1. The van der Waals surface area contributed by atoms with Crippen LogP contribution in [0.4, 0.5) is 0 Å². The van der Waals surface area contributed by atoms with Gasteiger partial charge in [0, 0.05) is 13.1 Å². The van der Waals surface area contributed by atoms with Crippen LogP contribution in [-0.2, 0) is 4.79 Å². The van der Waals surface area contributed by atoms with E-state index in [1.165, 1.54) is 0 Å². The van der Waals surface area contributed by atoms with Gasteiger partial charge in [-0.3, -0.25) is 4.79 Å². The Morgan fingerprint density at radius 1 is 1.46 bits per heavy atom. The molecule has 0 aliphatic carbocycles. The van der Waals surface area contributed by atoms with Crippen LogP contribution in [-0.4, -0.2) is 29.9 Å². The van der Waals surface area contributed by atoms with Crippen LogP contribution >= 0.6 is 0 Å². The van der Waals surface area contributed by atoms with Gasteiger partial charge in [0.1, 0.15) is 0 Å². The normalized spacial score (nSPS) is 15.2. The first-order valence-corrected chi connectivity index (χ1v) is 5.06. The molecule has 2 atom stereocenters. The third-order valence-corrected chi connectivity index (χ3v) is 2.52. The minimum Gasteiger partial charge on any atom is -0.342 e. The van der Waals surface area contributed by atoms with Crippen LogP contribution in [0.3, 0.4) is 0 Å². The molecular formula is C10H22N2O. The van der Waals surface area contributed by atoms with Crippen LogP contribution in [0.2, 0.25) is 0 Å². The number of carbonyl (C=O) groups is 1. The summed E-state index contributed by atoms with van der Waals surface area (Å²) < 4.78 is 0. The first-order valence-electron chi connectivity index (χ1n) is 5.06. The third-order valence-electron chi connectivity index (χ3n) is 2.52. The highest BCUT2D eigenvalue weighted by Gasteiger charge is 2.19. The molecule has 0 heterocycles. The van der Waals surface area contributed by atoms with Crippen LogP contribution in [0.1, 0.15) is 40.0 Å². The van der Waals surface area contributed by atoms with Crippen molar-refractivity contribution in [3.8, 4) is 0 Å². The van der Waals surface area contributed by atoms with Crippen molar-refractivity contribution >= 4 is 5.91 Å². The standard InChI is InChI=1S/C10H22N2O/c1-5-7-9(11)10(13)12(4)8(3)6-2/h8-9H,5-7,11H2,1-4H3. The lowest BCUT2D eigenvalue weighted by Gasteiger charge is -2.26. The summed E-state index contributed by atoms with van der Waals surface area (Å²) in [6.07, 6.45) is 2.71. The molecule has 0 aromatic heterocycles. The van der Waals surface area contributed by atoms with E-state index in [9.17, 15) is 4.79 Å². The number of amides is 1. The molecule has 0 saturated heterocycles. The van der Waals surface area contributed by atoms with E-state index in [0.29, 0.717) is 0 Å². The fourth-order valence-electron chi connectivity index (χ4n) is 1.19. The van der Waals surface area contributed by atoms with Crippen molar-refractivity contribution in [3.05, 3.63) is 0 Å². The van der Waals surface area contributed by atoms with Crippen molar-refractivity contribution in [2.24, 2.45) is 5.73 Å². The summed E-state index contributed by atoms with van der Waals surface area (Å²) in [5.41, 5.74) is 5.73. The molecule has 13 heavy (non-hydrogen) atoms. The Morgan fingerprint density at radius 3 is 2.38 bits per heavy atom. The quantitative estimate of drug-likeness (QED) is 0.705. The molecule has 0 fully saturated rings. The molecule has 0 aliphatic heterocycles. The smallest absolute Gasteiger partial charge is 0.239 e. The second-order valence-electron chi connectivity index (χ2n) is 3.60. The van der Waals surface area contributed by atoms with Gasteiger partial charge in [0.25, 0.3) is 0 Å². The number of nitrogens with zero attached hydrogens (tertiary/aromatic N) is 1. The van der Waals surface area contributed by atoms with E-state index in [1.54, 1.807) is 4.90 Å². The van der Waals surface area contributed by atoms with E-state index >= 15 is 0 Å². The van der Waals surface area contributed by atoms with Crippen LogP contribution < -0.4 is 5.73 Å². The molecule has 2 unspecified atom stereocenters. The Labute approximate surface area is 81.3 Å². The van der Waals surface area contributed by atoms with Crippen molar-refractivity contribution in [1.29, 1.82) is 0 Å². The SMILES string of the molecule is CCCC(N)C(=O)N(C)C(C)CC. The molecule has 0 saturated carbocycles. The maximum atomic E-state index is 11.6. The van der Waals surface area contributed by atoms with E-state index in [1.807, 2.05) is 20.9 Å². The molecule has 0 aliphatic rings. The Hall–Kier alpha value is -0.570. The van der Waals surface area contributed by atoms with E-state index < -0.39 is 0 Å². The fraction of sp³-hybridized carbons (Fsp3) is 0.900. The van der Waals surface area contributed by atoms with Gasteiger partial charge < -0.3 is 10.6 Å². The van der Waals surface area contributed by atoms with Crippen molar-refractivity contribution < 1.29 is 4.79 Å². The first kappa shape index (κ1) is 12.4. The van der Waals surface area contributed by atoms with Crippen LogP contribution in [0.25, 0.3) is 0 Å². The molecule has 3 nitrogen and oxygen atoms in total. The first-order chi connectivity index (χ1) is 6.04. The van der Waals surface area contributed by atoms with Gasteiger partial charge >= 0.3 is 0 Å². The minimum atomic E-state index is -0.316. The second kappa shape index (κ2) is 5.97. The minimum absolute atomic E-state index is 0.0659. The molecule has 0 bridgehead atoms. The lowest BCUT2D eigenvalue weighted by atomic mass is 10.1. The Morgan fingerprint density at radius 2 is 2.00 bits per heavy atom. The molecule has 1 amide bonds. The van der Waals surface area contributed by atoms with Crippen molar-refractivity contribution in [2.75, 3.05) is 7.05 Å². The van der Waals surface area contributed by atoms with Crippen LogP contribution in [0, 0.1) is 0 Å². The summed E-state index contributed by atoms with van der Waals surface area (Å²) in [6, 6.07) is -0.0283. The maximum Gasteiger partial charge on any atom is 0.239 e. The molecular weight excluding hydrogens is 164 g/mol. The van der Waals surface area contributed by atoms with Crippen molar-refractivity contribution in [1.82, 2.24) is 4.90 Å². The molecule has 0 radical (unpaired) electrons. The zero-order valence-corrected chi connectivity index (χ0v) is 9.21. The predicted molar refractivity (Wildman–Crippen MR) is 55.4 cm³/mol. The highest BCUT2D eigenvalue weighted by atomic mass is 16.2. The van der Waals surface area contributed by atoms with Gasteiger partial charge in [0.15, 0.2) is 0 Å². The number of likely N-dealkylation sites (N-methyl/N-ethyl adjacent to an activating group) is 1. The molecule has 2 N–H and O–H groups in total. The van der Waals surface area contributed by atoms with E-state index in [4.69, 9.17) is 5.73 Å². The molecule has 0 rings (SSSR count). The topological polar surface area (TPSA) is 46.3 Å². The summed E-state index contributed by atoms with van der Waals surface area (Å²) in [7, 11) is 1.83. The number of carbonyl (C=O) groups excluding carboxylic acids is 1. The van der Waals surface area contributed by atoms with Crippen LogP contribution in [0.15, 0.2) is 0 Å². The molecule has 0 spiro atoms. The molecule has 3 heteroatoms. The Kier molecular flexibility index (Phi) is 5.71. The van der Waals surface area contributed by atoms with E-state index in [2.05, 4.69) is 6.92 Å². The zero-order chi connectivity index (χ0) is 10.4. The predicted octanol–water partition coefficient (Wildman–Crippen LogP) is 1.37. The van der Waals surface area contributed by atoms with Gasteiger partial charge in [-0.1, -0.05) is 20.3 Å². The largest absolute Gasteiger partial charge is 0.342 e. The number of rotatable bonds is 5. The monoisotopic (exact) mass is 186 g/mol. The summed E-state index contributed by atoms with van der Waals surface area (Å²) >= 11 is 0. The second-order valence-corrected chi connectivity index (χ2v) is 3.60. The van der Waals surface area contributed by atoms with Crippen molar-refractivity contribution in [3.63, 3.8) is 0 Å². The van der Waals surface area contributed by atoms with Gasteiger partial charge in [-0.05, 0) is 19.8 Å². The zero-order valence-electron chi connectivity index (χ0n) is 9.21. The van der Waals surface area contributed by atoms with E-state index in [0.717, 1.165) is 19.3 Å². The Balaban J connectivity index is 4.08. The van der Waals surface area contributed by atoms with E-state index in [-0.39, 0.29) is 18.0 Å². The van der Waals surface area contributed by atoms with Gasteiger partial charge in [-0.2, -0.15) is 0 Å². The fourth-order valence-corrected chi connectivity index (χ4v) is 1.19. The third kappa shape index (κ3) is 3.77. The maximum absolute atomic E-state index is 11.6.